The van der Waals surface area contributed by atoms with Gasteiger partial charge in [0.25, 0.3) is 5.91 Å². The lowest BCUT2D eigenvalue weighted by Crippen LogP contribution is -2.48. The van der Waals surface area contributed by atoms with Crippen LogP contribution in [0.25, 0.3) is 0 Å². The zero-order valence-corrected chi connectivity index (χ0v) is 41.1. The molecular formula is C48H73N5O9S2. The lowest BCUT2D eigenvalue weighted by molar-refractivity contribution is -0.149. The number of ketones is 2. The number of thiazole rings is 1. The molecule has 14 nitrogen and oxygen atoms in total. The Labute approximate surface area is 389 Å². The van der Waals surface area contributed by atoms with Crippen LogP contribution in [0.3, 0.4) is 0 Å². The molecule has 356 valence electrons. The van der Waals surface area contributed by atoms with Gasteiger partial charge in [0.1, 0.15) is 16.5 Å². The van der Waals surface area contributed by atoms with Crippen molar-refractivity contribution in [1.29, 1.82) is 0 Å². The molecule has 1 aliphatic rings. The van der Waals surface area contributed by atoms with Crippen molar-refractivity contribution in [2.45, 2.75) is 143 Å². The lowest BCUT2D eigenvalue weighted by Gasteiger charge is -2.37. The van der Waals surface area contributed by atoms with Gasteiger partial charge in [-0.15, -0.1) is 23.1 Å². The van der Waals surface area contributed by atoms with Crippen LogP contribution in [0, 0.1) is 17.8 Å². The molecule has 16 heteroatoms. The zero-order valence-electron chi connectivity index (χ0n) is 39.5. The van der Waals surface area contributed by atoms with E-state index in [1.54, 1.807) is 40.9 Å². The lowest BCUT2D eigenvalue weighted by atomic mass is 9.83. The number of piperidine rings is 1. The van der Waals surface area contributed by atoms with Gasteiger partial charge in [-0.05, 0) is 93.0 Å². The van der Waals surface area contributed by atoms with Crippen LogP contribution in [0.4, 0.5) is 5.69 Å². The minimum Gasteiger partial charge on any atom is -0.506 e. The molecule has 6 atom stereocenters. The van der Waals surface area contributed by atoms with Gasteiger partial charge in [0.2, 0.25) is 11.8 Å². The van der Waals surface area contributed by atoms with E-state index in [2.05, 4.69) is 20.5 Å². The first-order valence-corrected chi connectivity index (χ1v) is 25.0. The van der Waals surface area contributed by atoms with Crippen LogP contribution < -0.4 is 10.6 Å². The van der Waals surface area contributed by atoms with Crippen LogP contribution in [-0.4, -0.2) is 113 Å². The van der Waals surface area contributed by atoms with Gasteiger partial charge in [-0.3, -0.25) is 33.7 Å². The molecule has 2 heterocycles. The number of carbonyl (C=O) groups is 6. The van der Waals surface area contributed by atoms with Crippen molar-refractivity contribution in [3.05, 3.63) is 51.3 Å². The number of hydrogen-bond acceptors (Lipinski definition) is 13. The number of esters is 1. The van der Waals surface area contributed by atoms with Crippen molar-refractivity contribution in [2.24, 2.45) is 17.8 Å². The number of thioether (sulfide) groups is 1. The van der Waals surface area contributed by atoms with Gasteiger partial charge in [0.05, 0.1) is 24.8 Å². The Kier molecular flexibility index (Phi) is 23.7. The Morgan fingerprint density at radius 1 is 1.09 bits per heavy atom. The molecule has 1 fully saturated rings. The van der Waals surface area contributed by atoms with E-state index in [9.17, 15) is 33.9 Å². The number of hydrogen-bond donors (Lipinski definition) is 3. The number of aromatic nitrogens is 1. The number of phenolic OH excluding ortho intramolecular Hbond substituents is 1. The fourth-order valence-electron chi connectivity index (χ4n) is 8.10. The number of anilines is 1. The van der Waals surface area contributed by atoms with E-state index >= 15 is 0 Å². The first kappa shape index (κ1) is 54.2. The van der Waals surface area contributed by atoms with Gasteiger partial charge >= 0.3 is 5.97 Å². The van der Waals surface area contributed by atoms with Gasteiger partial charge in [0.15, 0.2) is 17.7 Å². The number of nitrogens with one attached hydrogen (secondary N) is 2. The molecule has 3 N–H and O–H groups in total. The van der Waals surface area contributed by atoms with Crippen LogP contribution in [0.1, 0.15) is 139 Å². The van der Waals surface area contributed by atoms with Crippen molar-refractivity contribution < 1.29 is 43.3 Å². The van der Waals surface area contributed by atoms with Crippen LogP contribution in [-0.2, 0) is 39.9 Å². The van der Waals surface area contributed by atoms with Gasteiger partial charge < -0.3 is 30.1 Å². The maximum Gasteiger partial charge on any atom is 0.303 e. The minimum atomic E-state index is -0.821. The van der Waals surface area contributed by atoms with Crippen molar-refractivity contribution in [3.8, 4) is 5.75 Å². The van der Waals surface area contributed by atoms with Crippen LogP contribution in [0.2, 0.25) is 0 Å². The molecule has 0 bridgehead atoms. The number of Topliss-reactive ketones (excluding diaryl/α,β-unsaturated/α-hetero) is 1. The normalized spacial score (nSPS) is 16.8. The summed E-state index contributed by atoms with van der Waals surface area (Å²) < 4.78 is 11.4. The van der Waals surface area contributed by atoms with Crippen LogP contribution in [0.15, 0.2) is 35.1 Å². The second-order valence-electron chi connectivity index (χ2n) is 17.4. The number of ether oxygens (including phenoxy) is 2. The highest BCUT2D eigenvalue weighted by molar-refractivity contribution is 8.01. The van der Waals surface area contributed by atoms with Gasteiger partial charge in [-0.2, -0.15) is 0 Å². The molecular weight excluding hydrogens is 855 g/mol. The van der Waals surface area contributed by atoms with Crippen molar-refractivity contribution >= 4 is 64.0 Å². The average Bonchev–Trinajstić information content (AvgIpc) is 3.76. The molecule has 0 radical (unpaired) electrons. The Balaban J connectivity index is 1.68. The van der Waals surface area contributed by atoms with E-state index in [4.69, 9.17) is 9.47 Å². The van der Waals surface area contributed by atoms with E-state index in [1.807, 2.05) is 47.9 Å². The molecule has 3 amide bonds. The standard InChI is InChI=1S/C48H73N5O9S2/c1-10-15-35(26-34-18-19-42(56)38(27-34)50-45(58)20-24-61-23-14-16-36(55)21-25-63-9)49-46(59)39-30-64-47(51-39)44(62-33(6)54)29-41(31(3)4)53(8)48(60)37(32(5)11-2)28-43(57)40-17-12-13-22-52(40)7/h18-19,21,25,27,30-32,35,37,40-41,44,56H,10-17,20,22-24,26,28-29H2,1-9H3,(H,49,59)(H,50,58)/b25-21+/t32-,35+,37-,40+,41+,44+/m0/s1. The molecule has 1 saturated heterocycles. The summed E-state index contributed by atoms with van der Waals surface area (Å²) in [5.41, 5.74) is 1.21. The first-order valence-electron chi connectivity index (χ1n) is 22.8. The number of aromatic hydroxyl groups is 1. The maximum atomic E-state index is 14.3. The highest BCUT2D eigenvalue weighted by Gasteiger charge is 2.37. The summed E-state index contributed by atoms with van der Waals surface area (Å²) in [6.07, 6.45) is 9.49. The number of amides is 3. The molecule has 3 rings (SSSR count). The monoisotopic (exact) mass is 927 g/mol. The molecule has 0 unspecified atom stereocenters. The fourth-order valence-corrected chi connectivity index (χ4v) is 9.22. The SMILES string of the molecule is CCC[C@H](Cc1ccc(O)c(NC(=O)CCOCCCC(=O)/C=C/SC)c1)NC(=O)c1csc([C@@H](C[C@H](C(C)C)N(C)C(=O)[C@@H](CC(=O)[C@H]2CCCCN2C)[C@@H](C)CC)OC(C)=O)n1. The third-order valence-electron chi connectivity index (χ3n) is 12.0. The van der Waals surface area contributed by atoms with Crippen molar-refractivity contribution in [2.75, 3.05) is 45.4 Å². The van der Waals surface area contributed by atoms with E-state index in [0.29, 0.717) is 37.3 Å². The Bertz CT molecular complexity index is 1870. The number of phenols is 1. The largest absolute Gasteiger partial charge is 0.506 e. The second-order valence-corrected chi connectivity index (χ2v) is 19.0. The molecule has 1 aromatic heterocycles. The summed E-state index contributed by atoms with van der Waals surface area (Å²) in [7, 11) is 3.75. The van der Waals surface area contributed by atoms with Gasteiger partial charge in [0, 0.05) is 63.2 Å². The number of allylic oxidation sites excluding steroid dienone is 1. The number of carbonyl (C=O) groups excluding carboxylic acids is 6. The molecule has 0 spiro atoms. The summed E-state index contributed by atoms with van der Waals surface area (Å²) in [5, 5.41) is 20.2. The smallest absolute Gasteiger partial charge is 0.303 e. The Hall–Kier alpha value is -4.12. The summed E-state index contributed by atoms with van der Waals surface area (Å²) in [4.78, 5) is 87.1. The van der Waals surface area contributed by atoms with Crippen LogP contribution in [0.5, 0.6) is 5.75 Å². The summed E-state index contributed by atoms with van der Waals surface area (Å²) in [5.74, 6) is -1.83. The third-order valence-corrected chi connectivity index (χ3v) is 13.3. The zero-order chi connectivity index (χ0) is 47.3. The minimum absolute atomic E-state index is 0.0115. The highest BCUT2D eigenvalue weighted by Crippen LogP contribution is 2.33. The molecule has 64 heavy (non-hydrogen) atoms. The fraction of sp³-hybridized carbons (Fsp3) is 0.646. The second kappa shape index (κ2) is 28.0. The van der Waals surface area contributed by atoms with E-state index in [-0.39, 0.29) is 96.3 Å². The predicted molar refractivity (Wildman–Crippen MR) is 254 cm³/mol. The molecule has 0 saturated carbocycles. The van der Waals surface area contributed by atoms with E-state index in [0.717, 1.165) is 44.2 Å². The van der Waals surface area contributed by atoms with E-state index < -0.39 is 23.9 Å². The van der Waals surface area contributed by atoms with Crippen molar-refractivity contribution in [1.82, 2.24) is 20.1 Å². The number of rotatable bonds is 28. The molecule has 0 aliphatic carbocycles. The quantitative estimate of drug-likeness (QED) is 0.0323. The average molecular weight is 928 g/mol. The summed E-state index contributed by atoms with van der Waals surface area (Å²) in [6, 6.07) is 4.10. The van der Waals surface area contributed by atoms with Gasteiger partial charge in [-0.25, -0.2) is 4.98 Å². The van der Waals surface area contributed by atoms with E-state index in [1.165, 1.54) is 36.1 Å². The van der Waals surface area contributed by atoms with Crippen LogP contribution >= 0.6 is 23.1 Å². The Morgan fingerprint density at radius 3 is 2.50 bits per heavy atom. The summed E-state index contributed by atoms with van der Waals surface area (Å²) in [6.45, 7) is 12.8. The highest BCUT2D eigenvalue weighted by atomic mass is 32.2. The topological polar surface area (TPSA) is 185 Å². The number of likely N-dealkylation sites (N-methyl/N-ethyl adjacent to an activating group) is 1. The number of likely N-dealkylation sites (tertiary alicyclic amines) is 1. The molecule has 2 aromatic rings. The third kappa shape index (κ3) is 17.7. The number of nitrogens with zero attached hydrogens (tertiary/aromatic N) is 3. The Morgan fingerprint density at radius 2 is 1.84 bits per heavy atom. The summed E-state index contributed by atoms with van der Waals surface area (Å²) >= 11 is 2.67. The molecule has 1 aliphatic heterocycles. The van der Waals surface area contributed by atoms with Gasteiger partial charge in [-0.1, -0.05) is 59.9 Å². The number of benzene rings is 1. The molecule has 1 aromatic carbocycles. The van der Waals surface area contributed by atoms with Crippen molar-refractivity contribution in [3.63, 3.8) is 0 Å². The maximum absolute atomic E-state index is 14.3. The predicted octanol–water partition coefficient (Wildman–Crippen LogP) is 8.14. The first-order chi connectivity index (χ1) is 30.5.